The molecule has 0 aliphatic heterocycles. The highest BCUT2D eigenvalue weighted by molar-refractivity contribution is 7.98. The van der Waals surface area contributed by atoms with Gasteiger partial charge in [0.05, 0.1) is 18.6 Å². The quantitative estimate of drug-likeness (QED) is 0.238. The average molecular weight is 422 g/mol. The third-order valence-corrected chi connectivity index (χ3v) is 3.62. The lowest BCUT2D eigenvalue weighted by Crippen LogP contribution is -2.40. The van der Waals surface area contributed by atoms with Gasteiger partial charge in [-0.25, -0.2) is 4.98 Å². The number of rotatable bonds is 8. The molecule has 1 heterocycles. The first kappa shape index (κ1) is 27.8. The molecule has 24 heavy (non-hydrogen) atoms. The average Bonchev–Trinajstić information content (AvgIpc) is 2.88. The standard InChI is InChI=1S/C12H24N8S.3ClH/c1-9-10(20-8-19-9)7-21-6-5-18-12(14)17-4-3-16-11(13)15-2;;;/h8H,3-7H2,1-2H3,(H,19,20)(H3,13,15,16)(H3,14,17,18);3*1H. The smallest absolute Gasteiger partial charge is 0.188 e. The maximum absolute atomic E-state index is 5.75. The number of aryl methyl sites for hydroxylation is 1. The summed E-state index contributed by atoms with van der Waals surface area (Å²) in [7, 11) is 1.63. The van der Waals surface area contributed by atoms with Gasteiger partial charge in [-0.05, 0) is 6.92 Å². The van der Waals surface area contributed by atoms with Crippen LogP contribution in [0.5, 0.6) is 0 Å². The fourth-order valence-corrected chi connectivity index (χ4v) is 2.30. The Hall–Kier alpha value is -1.03. The van der Waals surface area contributed by atoms with E-state index in [2.05, 4.69) is 30.6 Å². The van der Waals surface area contributed by atoms with Gasteiger partial charge < -0.3 is 27.1 Å². The fraction of sp³-hybridized carbons (Fsp3) is 0.583. The van der Waals surface area contributed by atoms with Gasteiger partial charge >= 0.3 is 0 Å². The van der Waals surface area contributed by atoms with E-state index in [1.54, 1.807) is 25.1 Å². The molecular formula is C12H27Cl3N8S. The Bertz CT molecular complexity index is 481. The van der Waals surface area contributed by atoms with E-state index in [0.29, 0.717) is 31.6 Å². The predicted molar refractivity (Wildman–Crippen MR) is 111 cm³/mol. The number of aromatic nitrogens is 2. The summed E-state index contributed by atoms with van der Waals surface area (Å²) < 4.78 is 0. The third kappa shape index (κ3) is 12.4. The maximum atomic E-state index is 5.75. The van der Waals surface area contributed by atoms with Crippen LogP contribution in [-0.4, -0.2) is 54.3 Å². The molecule has 0 aliphatic rings. The zero-order valence-electron chi connectivity index (χ0n) is 13.7. The van der Waals surface area contributed by atoms with Crippen molar-refractivity contribution in [2.75, 3.05) is 32.4 Å². The Kier molecular flexibility index (Phi) is 19.5. The van der Waals surface area contributed by atoms with E-state index in [9.17, 15) is 0 Å². The van der Waals surface area contributed by atoms with Gasteiger partial charge in [-0.15, -0.1) is 37.2 Å². The van der Waals surface area contributed by atoms with E-state index in [4.69, 9.17) is 11.5 Å². The highest BCUT2D eigenvalue weighted by atomic mass is 35.5. The molecule has 7 N–H and O–H groups in total. The van der Waals surface area contributed by atoms with Crippen LogP contribution in [0.3, 0.4) is 0 Å². The molecule has 0 amide bonds. The lowest BCUT2D eigenvalue weighted by molar-refractivity contribution is 0.798. The molecule has 0 unspecified atom stereocenters. The van der Waals surface area contributed by atoms with Gasteiger partial charge in [0, 0.05) is 37.3 Å². The minimum absolute atomic E-state index is 0. The van der Waals surface area contributed by atoms with E-state index in [1.165, 1.54) is 0 Å². The summed E-state index contributed by atoms with van der Waals surface area (Å²) in [5, 5.41) is 5.93. The van der Waals surface area contributed by atoms with Crippen molar-refractivity contribution in [1.82, 2.24) is 20.6 Å². The molecule has 1 aromatic rings. The first-order chi connectivity index (χ1) is 10.1. The summed E-state index contributed by atoms with van der Waals surface area (Å²) in [5.41, 5.74) is 13.5. The Morgan fingerprint density at radius 2 is 1.83 bits per heavy atom. The van der Waals surface area contributed by atoms with Gasteiger partial charge in [0.2, 0.25) is 0 Å². The lowest BCUT2D eigenvalue weighted by Gasteiger charge is -2.07. The van der Waals surface area contributed by atoms with Crippen LogP contribution >= 0.6 is 49.0 Å². The van der Waals surface area contributed by atoms with Crippen LogP contribution in [0.15, 0.2) is 16.3 Å². The van der Waals surface area contributed by atoms with Crippen molar-refractivity contribution in [3.05, 3.63) is 17.7 Å². The van der Waals surface area contributed by atoms with Gasteiger partial charge in [-0.3, -0.25) is 9.98 Å². The molecule has 0 saturated carbocycles. The number of nitrogens with one attached hydrogen (secondary N) is 3. The van der Waals surface area contributed by atoms with Crippen molar-refractivity contribution in [3.63, 3.8) is 0 Å². The van der Waals surface area contributed by atoms with E-state index in [1.807, 2.05) is 6.92 Å². The Balaban J connectivity index is -0.00000147. The van der Waals surface area contributed by atoms with Crippen molar-refractivity contribution in [1.29, 1.82) is 0 Å². The van der Waals surface area contributed by atoms with E-state index in [-0.39, 0.29) is 37.2 Å². The summed E-state index contributed by atoms with van der Waals surface area (Å²) in [5.74, 6) is 2.65. The number of guanidine groups is 2. The first-order valence-electron chi connectivity index (χ1n) is 6.70. The number of nitrogens with two attached hydrogens (primary N) is 2. The van der Waals surface area contributed by atoms with Crippen LogP contribution in [0.4, 0.5) is 0 Å². The van der Waals surface area contributed by atoms with Crippen molar-refractivity contribution >= 4 is 60.9 Å². The molecule has 0 aliphatic carbocycles. The van der Waals surface area contributed by atoms with Gasteiger partial charge in [0.1, 0.15) is 0 Å². The summed E-state index contributed by atoms with van der Waals surface area (Å²) in [6.07, 6.45) is 1.72. The van der Waals surface area contributed by atoms with E-state index < -0.39 is 0 Å². The number of hydrogen-bond acceptors (Lipinski definition) is 4. The number of thioether (sulfide) groups is 1. The minimum atomic E-state index is 0. The molecule has 142 valence electrons. The number of halogens is 3. The number of aliphatic imine (C=N–C) groups is 2. The topological polar surface area (TPSA) is 130 Å². The van der Waals surface area contributed by atoms with Crippen molar-refractivity contribution < 1.29 is 0 Å². The lowest BCUT2D eigenvalue weighted by atomic mass is 10.4. The van der Waals surface area contributed by atoms with Crippen molar-refractivity contribution in [2.24, 2.45) is 21.5 Å². The third-order valence-electron chi connectivity index (χ3n) is 2.67. The van der Waals surface area contributed by atoms with Crippen LogP contribution in [0.2, 0.25) is 0 Å². The van der Waals surface area contributed by atoms with Crippen LogP contribution < -0.4 is 22.1 Å². The van der Waals surface area contributed by atoms with Gasteiger partial charge in [0.25, 0.3) is 0 Å². The van der Waals surface area contributed by atoms with Crippen LogP contribution in [0.25, 0.3) is 0 Å². The molecule has 8 nitrogen and oxygen atoms in total. The molecule has 0 radical (unpaired) electrons. The fourth-order valence-electron chi connectivity index (χ4n) is 1.45. The predicted octanol–water partition coefficient (Wildman–Crippen LogP) is 0.655. The van der Waals surface area contributed by atoms with Crippen LogP contribution in [0, 0.1) is 6.92 Å². The molecule has 0 bridgehead atoms. The second-order valence-electron chi connectivity index (χ2n) is 4.26. The molecule has 0 saturated heterocycles. The molecule has 0 fully saturated rings. The molecule has 0 atom stereocenters. The normalized spacial score (nSPS) is 10.9. The zero-order chi connectivity index (χ0) is 15.5. The van der Waals surface area contributed by atoms with Crippen LogP contribution in [-0.2, 0) is 5.75 Å². The maximum Gasteiger partial charge on any atom is 0.188 e. The number of hydrogen-bond donors (Lipinski definition) is 5. The molecule has 0 aromatic carbocycles. The van der Waals surface area contributed by atoms with Gasteiger partial charge in [0.15, 0.2) is 11.9 Å². The summed E-state index contributed by atoms with van der Waals surface area (Å²) in [6, 6.07) is 0. The van der Waals surface area contributed by atoms with Gasteiger partial charge in [-0.1, -0.05) is 0 Å². The van der Waals surface area contributed by atoms with Crippen LogP contribution in [0.1, 0.15) is 11.4 Å². The molecule has 12 heteroatoms. The molecular weight excluding hydrogens is 395 g/mol. The Labute approximate surface area is 165 Å². The van der Waals surface area contributed by atoms with Crippen molar-refractivity contribution in [2.45, 2.75) is 12.7 Å². The summed E-state index contributed by atoms with van der Waals surface area (Å²) in [6.45, 7) is 3.99. The molecule has 0 spiro atoms. The number of H-pyrrole nitrogens is 1. The monoisotopic (exact) mass is 420 g/mol. The SMILES string of the molecule is CN=C(N)NCCNC(N)=NCCSCc1nc[nH]c1C.Cl.Cl.Cl. The number of nitrogens with zero attached hydrogens (tertiary/aromatic N) is 3. The summed E-state index contributed by atoms with van der Waals surface area (Å²) >= 11 is 1.78. The Morgan fingerprint density at radius 1 is 1.21 bits per heavy atom. The molecule has 1 aromatic heterocycles. The number of aromatic amines is 1. The highest BCUT2D eigenvalue weighted by Gasteiger charge is 2.00. The van der Waals surface area contributed by atoms with E-state index >= 15 is 0 Å². The molecule has 1 rings (SSSR count). The van der Waals surface area contributed by atoms with Crippen molar-refractivity contribution in [3.8, 4) is 0 Å². The Morgan fingerprint density at radius 3 is 2.38 bits per heavy atom. The highest BCUT2D eigenvalue weighted by Crippen LogP contribution is 2.11. The zero-order valence-corrected chi connectivity index (χ0v) is 17.0. The summed E-state index contributed by atoms with van der Waals surface area (Å²) in [4.78, 5) is 15.3. The van der Waals surface area contributed by atoms with Gasteiger partial charge in [-0.2, -0.15) is 11.8 Å². The number of imidazole rings is 1. The van der Waals surface area contributed by atoms with E-state index in [0.717, 1.165) is 22.9 Å². The minimum Gasteiger partial charge on any atom is -0.370 e. The second kappa shape index (κ2) is 16.8. The second-order valence-corrected chi connectivity index (χ2v) is 5.36. The first-order valence-corrected chi connectivity index (χ1v) is 7.85. The largest absolute Gasteiger partial charge is 0.370 e.